The Bertz CT molecular complexity index is 593. The molecule has 0 amide bonds. The number of nitrogens with one attached hydrogen (secondary N) is 1. The average molecular weight is 283 g/mol. The molecule has 0 radical (unpaired) electrons. The lowest BCUT2D eigenvalue weighted by molar-refractivity contribution is 0.488. The van der Waals surface area contributed by atoms with Gasteiger partial charge >= 0.3 is 0 Å². The van der Waals surface area contributed by atoms with E-state index in [0.29, 0.717) is 12.0 Å². The molecule has 2 atom stereocenters. The van der Waals surface area contributed by atoms with Crippen molar-refractivity contribution in [1.29, 1.82) is 0 Å². The van der Waals surface area contributed by atoms with Gasteiger partial charge in [0, 0.05) is 22.6 Å². The van der Waals surface area contributed by atoms with Gasteiger partial charge in [0.15, 0.2) is 0 Å². The largest absolute Gasteiger partial charge is 0.316 e. The fourth-order valence-electron chi connectivity index (χ4n) is 3.04. The minimum atomic E-state index is 0.507. The number of benzene rings is 2. The molecule has 2 aromatic rings. The fraction of sp³-hybridized carbons (Fsp3) is 0.333. The summed E-state index contributed by atoms with van der Waals surface area (Å²) in [5.41, 5.74) is 4.37. The first kappa shape index (κ1) is 13.7. The van der Waals surface area contributed by atoms with Gasteiger partial charge in [0.25, 0.3) is 0 Å². The van der Waals surface area contributed by atoms with Gasteiger partial charge in [-0.15, -0.1) is 11.8 Å². The molecule has 1 N–H and O–H groups in total. The van der Waals surface area contributed by atoms with E-state index >= 15 is 0 Å². The third kappa shape index (κ3) is 2.63. The monoisotopic (exact) mass is 283 g/mol. The first-order chi connectivity index (χ1) is 9.79. The summed E-state index contributed by atoms with van der Waals surface area (Å²) in [6, 6.07) is 18.1. The van der Waals surface area contributed by atoms with Crippen LogP contribution in [0.3, 0.4) is 0 Å². The summed E-state index contributed by atoms with van der Waals surface area (Å²) >= 11 is 1.99. The van der Waals surface area contributed by atoms with E-state index in [9.17, 15) is 0 Å². The molecular weight excluding hydrogens is 262 g/mol. The maximum absolute atomic E-state index is 3.55. The number of likely N-dealkylation sites (N-methyl/N-ethyl adjacent to an activating group) is 1. The van der Waals surface area contributed by atoms with Crippen molar-refractivity contribution in [3.63, 3.8) is 0 Å². The molecular formula is C18H21NS. The summed E-state index contributed by atoms with van der Waals surface area (Å²) in [6.07, 6.45) is 1.10. The fourth-order valence-corrected chi connectivity index (χ4v) is 4.37. The number of hydrogen-bond acceptors (Lipinski definition) is 2. The lowest BCUT2D eigenvalue weighted by Crippen LogP contribution is -2.34. The van der Waals surface area contributed by atoms with Crippen molar-refractivity contribution in [3.8, 4) is 0 Å². The van der Waals surface area contributed by atoms with Crippen molar-refractivity contribution in [3.05, 3.63) is 65.2 Å². The van der Waals surface area contributed by atoms with E-state index in [4.69, 9.17) is 0 Å². The predicted molar refractivity (Wildman–Crippen MR) is 87.6 cm³/mol. The lowest BCUT2D eigenvalue weighted by Gasteiger charge is -2.24. The first-order valence-corrected chi connectivity index (χ1v) is 8.21. The number of thioether (sulfide) groups is 1. The summed E-state index contributed by atoms with van der Waals surface area (Å²) in [7, 11) is 2.09. The van der Waals surface area contributed by atoms with Crippen LogP contribution in [0.4, 0.5) is 0 Å². The molecule has 1 aliphatic heterocycles. The van der Waals surface area contributed by atoms with Crippen LogP contribution in [0, 0.1) is 6.92 Å². The number of fused-ring (bicyclic) bond motifs is 1. The van der Waals surface area contributed by atoms with Gasteiger partial charge in [0.1, 0.15) is 0 Å². The number of aryl methyl sites for hydroxylation is 1. The molecule has 1 aliphatic rings. The second kappa shape index (κ2) is 6.02. The van der Waals surface area contributed by atoms with Crippen molar-refractivity contribution in [2.75, 3.05) is 12.8 Å². The van der Waals surface area contributed by atoms with E-state index in [1.807, 2.05) is 11.8 Å². The maximum atomic E-state index is 3.55. The molecule has 2 heteroatoms. The SMILES string of the molecule is CNC(Cc1ccccc1C)C1CSc2ccccc21. The minimum absolute atomic E-state index is 0.507. The Kier molecular flexibility index (Phi) is 4.13. The van der Waals surface area contributed by atoms with E-state index in [-0.39, 0.29) is 0 Å². The Morgan fingerprint density at radius 2 is 1.90 bits per heavy atom. The Morgan fingerprint density at radius 1 is 1.15 bits per heavy atom. The van der Waals surface area contributed by atoms with Crippen molar-refractivity contribution in [2.24, 2.45) is 0 Å². The topological polar surface area (TPSA) is 12.0 Å². The van der Waals surface area contributed by atoms with Gasteiger partial charge in [-0.3, -0.25) is 0 Å². The van der Waals surface area contributed by atoms with E-state index in [1.54, 1.807) is 0 Å². The van der Waals surface area contributed by atoms with Gasteiger partial charge in [-0.2, -0.15) is 0 Å². The highest BCUT2D eigenvalue weighted by Gasteiger charge is 2.29. The van der Waals surface area contributed by atoms with Gasteiger partial charge in [-0.25, -0.2) is 0 Å². The normalized spacial score (nSPS) is 18.8. The van der Waals surface area contributed by atoms with Crippen molar-refractivity contribution < 1.29 is 0 Å². The van der Waals surface area contributed by atoms with Gasteiger partial charge in [0.2, 0.25) is 0 Å². The zero-order chi connectivity index (χ0) is 13.9. The quantitative estimate of drug-likeness (QED) is 0.909. The molecule has 20 heavy (non-hydrogen) atoms. The van der Waals surface area contributed by atoms with Crippen molar-refractivity contribution in [2.45, 2.75) is 30.2 Å². The highest BCUT2D eigenvalue weighted by atomic mass is 32.2. The Hall–Kier alpha value is -1.25. The van der Waals surface area contributed by atoms with Gasteiger partial charge < -0.3 is 5.32 Å². The van der Waals surface area contributed by atoms with E-state index in [2.05, 4.69) is 67.8 Å². The summed E-state index contributed by atoms with van der Waals surface area (Å²) in [6.45, 7) is 2.21. The predicted octanol–water partition coefficient (Wildman–Crippen LogP) is 4.02. The molecule has 1 nitrogen and oxygen atoms in total. The summed E-state index contributed by atoms with van der Waals surface area (Å²) < 4.78 is 0. The molecule has 0 saturated carbocycles. The lowest BCUT2D eigenvalue weighted by atomic mass is 9.88. The van der Waals surface area contributed by atoms with Gasteiger partial charge in [-0.05, 0) is 43.1 Å². The highest BCUT2D eigenvalue weighted by Crippen LogP contribution is 2.41. The van der Waals surface area contributed by atoms with Crippen LogP contribution < -0.4 is 5.32 Å². The Morgan fingerprint density at radius 3 is 2.70 bits per heavy atom. The molecule has 0 fully saturated rings. The molecule has 3 rings (SSSR count). The first-order valence-electron chi connectivity index (χ1n) is 7.23. The Balaban J connectivity index is 1.83. The minimum Gasteiger partial charge on any atom is -0.316 e. The Labute approximate surface area is 125 Å². The van der Waals surface area contributed by atoms with Crippen LogP contribution in [0.25, 0.3) is 0 Å². The van der Waals surface area contributed by atoms with Gasteiger partial charge in [-0.1, -0.05) is 42.5 Å². The van der Waals surface area contributed by atoms with E-state index < -0.39 is 0 Å². The second-order valence-corrected chi connectivity index (χ2v) is 6.54. The van der Waals surface area contributed by atoms with Crippen LogP contribution >= 0.6 is 11.8 Å². The smallest absolute Gasteiger partial charge is 0.0182 e. The molecule has 0 saturated heterocycles. The van der Waals surface area contributed by atoms with Gasteiger partial charge in [0.05, 0.1) is 0 Å². The number of hydrogen-bond donors (Lipinski definition) is 1. The zero-order valence-corrected chi connectivity index (χ0v) is 12.9. The third-order valence-electron chi connectivity index (χ3n) is 4.29. The van der Waals surface area contributed by atoms with Crippen LogP contribution in [-0.2, 0) is 6.42 Å². The molecule has 0 spiro atoms. The third-order valence-corrected chi connectivity index (χ3v) is 5.50. The molecule has 0 aromatic heterocycles. The zero-order valence-electron chi connectivity index (χ0n) is 12.1. The van der Waals surface area contributed by atoms with E-state index in [1.165, 1.54) is 27.3 Å². The van der Waals surface area contributed by atoms with Crippen LogP contribution in [-0.4, -0.2) is 18.8 Å². The molecule has 2 unspecified atom stereocenters. The second-order valence-electron chi connectivity index (χ2n) is 5.48. The summed E-state index contributed by atoms with van der Waals surface area (Å²) in [4.78, 5) is 1.46. The molecule has 1 heterocycles. The van der Waals surface area contributed by atoms with Crippen LogP contribution in [0.15, 0.2) is 53.4 Å². The van der Waals surface area contributed by atoms with Crippen LogP contribution in [0.1, 0.15) is 22.6 Å². The molecule has 2 aromatic carbocycles. The standard InChI is InChI=1S/C18H21NS/c1-13-7-3-4-8-14(13)11-17(19-2)16-12-20-18-10-6-5-9-15(16)18/h3-10,16-17,19H,11-12H2,1-2H3. The van der Waals surface area contributed by atoms with Crippen LogP contribution in [0.2, 0.25) is 0 Å². The summed E-state index contributed by atoms with van der Waals surface area (Å²) in [5.74, 6) is 1.80. The average Bonchev–Trinajstić information content (AvgIpc) is 2.90. The highest BCUT2D eigenvalue weighted by molar-refractivity contribution is 7.99. The maximum Gasteiger partial charge on any atom is 0.0182 e. The summed E-state index contributed by atoms with van der Waals surface area (Å²) in [5, 5.41) is 3.55. The number of rotatable bonds is 4. The molecule has 104 valence electrons. The van der Waals surface area contributed by atoms with Crippen molar-refractivity contribution in [1.82, 2.24) is 5.32 Å². The van der Waals surface area contributed by atoms with E-state index in [0.717, 1.165) is 6.42 Å². The molecule has 0 aliphatic carbocycles. The van der Waals surface area contributed by atoms with Crippen LogP contribution in [0.5, 0.6) is 0 Å². The van der Waals surface area contributed by atoms with Crippen molar-refractivity contribution >= 4 is 11.8 Å². The molecule has 0 bridgehead atoms.